The highest BCUT2D eigenvalue weighted by molar-refractivity contribution is 6.13. The molecular weight excluding hydrogens is 609 g/mol. The minimum atomic E-state index is 0.169. The monoisotopic (exact) mass is 644 g/mol. The summed E-state index contributed by atoms with van der Waals surface area (Å²) in [4.78, 5) is 19.9. The van der Waals surface area contributed by atoms with Crippen molar-refractivity contribution in [2.24, 2.45) is 10.9 Å². The van der Waals surface area contributed by atoms with E-state index in [-0.39, 0.29) is 17.8 Å². The van der Waals surface area contributed by atoms with Crippen molar-refractivity contribution in [1.29, 1.82) is 0 Å². The van der Waals surface area contributed by atoms with Gasteiger partial charge in [0.25, 0.3) is 0 Å². The Hall–Kier alpha value is -6.26. The van der Waals surface area contributed by atoms with Gasteiger partial charge in [-0.1, -0.05) is 164 Å². The molecule has 4 nitrogen and oxygen atoms in total. The molecule has 3 atom stereocenters. The zero-order chi connectivity index (χ0) is 33.5. The van der Waals surface area contributed by atoms with E-state index in [0.29, 0.717) is 24.0 Å². The quantitative estimate of drug-likeness (QED) is 0.170. The predicted octanol–water partition coefficient (Wildman–Crippen LogP) is 10.9. The van der Waals surface area contributed by atoms with Gasteiger partial charge >= 0.3 is 0 Å². The van der Waals surface area contributed by atoms with Gasteiger partial charge in [-0.05, 0) is 50.9 Å². The number of allylic oxidation sites excluding steroid dienone is 10. The van der Waals surface area contributed by atoms with Crippen molar-refractivity contribution in [3.63, 3.8) is 0 Å². The second-order valence-corrected chi connectivity index (χ2v) is 12.6. The number of fused-ring (bicyclic) bond motifs is 3. The number of nitrogens with zero attached hydrogens (tertiary/aromatic N) is 4. The van der Waals surface area contributed by atoms with Crippen molar-refractivity contribution in [1.82, 2.24) is 15.0 Å². The Morgan fingerprint density at radius 2 is 1.24 bits per heavy atom. The van der Waals surface area contributed by atoms with Crippen LogP contribution in [0.2, 0.25) is 0 Å². The summed E-state index contributed by atoms with van der Waals surface area (Å²) < 4.78 is 0. The summed E-state index contributed by atoms with van der Waals surface area (Å²) in [6.07, 6.45) is 27.2. The molecule has 50 heavy (non-hydrogen) atoms. The fraction of sp³-hybridized carbons (Fsp3) is 0.0870. The summed E-state index contributed by atoms with van der Waals surface area (Å²) in [6, 6.07) is 38.5. The van der Waals surface area contributed by atoms with Crippen LogP contribution in [-0.2, 0) is 0 Å². The molecule has 2 heterocycles. The Balaban J connectivity index is 1.22. The molecule has 3 unspecified atom stereocenters. The van der Waals surface area contributed by atoms with E-state index in [1.165, 1.54) is 21.9 Å². The predicted molar refractivity (Wildman–Crippen MR) is 209 cm³/mol. The molecule has 0 saturated heterocycles. The van der Waals surface area contributed by atoms with E-state index < -0.39 is 0 Å². The molecule has 4 heteroatoms. The lowest BCUT2D eigenvalue weighted by Gasteiger charge is -2.21. The summed E-state index contributed by atoms with van der Waals surface area (Å²) >= 11 is 0. The zero-order valence-corrected chi connectivity index (χ0v) is 27.6. The lowest BCUT2D eigenvalue weighted by atomic mass is 9.83. The Morgan fingerprint density at radius 1 is 0.540 bits per heavy atom. The number of aliphatic imine (C=N–C) groups is 1. The van der Waals surface area contributed by atoms with Crippen LogP contribution in [0.15, 0.2) is 181 Å². The first-order chi connectivity index (χ1) is 24.8. The standard InChI is InChI=1S/C46H36N4/c1-2-5-19-38(32-47-30-14-3-1)33-24-26-36(27-25-33)45-48-44(29-28-35-17-8-10-20-39(35)34-15-6-4-7-16-34)49-46(50-45)43-31-37-18-9-11-21-40(37)41-22-12-13-23-42(41)43/h1-31,35,38-39H,32H2. The largest absolute Gasteiger partial charge is 0.292 e. The molecule has 0 amide bonds. The highest BCUT2D eigenvalue weighted by Crippen LogP contribution is 2.35. The van der Waals surface area contributed by atoms with Gasteiger partial charge in [-0.2, -0.15) is 0 Å². The van der Waals surface area contributed by atoms with Crippen LogP contribution in [0.1, 0.15) is 28.8 Å². The van der Waals surface area contributed by atoms with Gasteiger partial charge in [0.15, 0.2) is 17.5 Å². The minimum Gasteiger partial charge on any atom is -0.292 e. The van der Waals surface area contributed by atoms with Crippen LogP contribution in [-0.4, -0.2) is 27.7 Å². The smallest absolute Gasteiger partial charge is 0.164 e. The summed E-state index contributed by atoms with van der Waals surface area (Å²) in [5, 5.41) is 4.67. The maximum absolute atomic E-state index is 5.15. The van der Waals surface area contributed by atoms with Crippen LogP contribution in [0.4, 0.5) is 0 Å². The van der Waals surface area contributed by atoms with Gasteiger partial charge in [0.1, 0.15) is 0 Å². The number of hydrogen-bond donors (Lipinski definition) is 0. The average Bonchev–Trinajstić information content (AvgIpc) is 3.19. The molecule has 6 aromatic rings. The second-order valence-electron chi connectivity index (χ2n) is 12.6. The van der Waals surface area contributed by atoms with Crippen LogP contribution in [0.25, 0.3) is 50.4 Å². The lowest BCUT2D eigenvalue weighted by molar-refractivity contribution is 0.701. The van der Waals surface area contributed by atoms with Crippen molar-refractivity contribution in [2.75, 3.05) is 6.54 Å². The van der Waals surface area contributed by atoms with Crippen molar-refractivity contribution in [2.45, 2.75) is 11.8 Å². The first-order valence-electron chi connectivity index (χ1n) is 17.2. The number of benzene rings is 5. The van der Waals surface area contributed by atoms with Gasteiger partial charge in [-0.3, -0.25) is 4.99 Å². The third kappa shape index (κ3) is 6.69. The van der Waals surface area contributed by atoms with Gasteiger partial charge < -0.3 is 0 Å². The molecule has 5 aromatic carbocycles. The first kappa shape index (κ1) is 31.0. The van der Waals surface area contributed by atoms with Crippen LogP contribution in [0, 0.1) is 5.92 Å². The molecule has 1 aromatic heterocycles. The van der Waals surface area contributed by atoms with Gasteiger partial charge in [-0.15, -0.1) is 0 Å². The summed E-state index contributed by atoms with van der Waals surface area (Å²) in [5.41, 5.74) is 4.41. The van der Waals surface area contributed by atoms with E-state index in [0.717, 1.165) is 21.9 Å². The Labute approximate surface area is 293 Å². The van der Waals surface area contributed by atoms with E-state index in [9.17, 15) is 0 Å². The molecule has 8 rings (SSSR count). The molecule has 0 saturated carbocycles. The number of hydrogen-bond acceptors (Lipinski definition) is 4. The van der Waals surface area contributed by atoms with E-state index in [2.05, 4.69) is 169 Å². The third-order valence-corrected chi connectivity index (χ3v) is 9.37. The van der Waals surface area contributed by atoms with Gasteiger partial charge in [0.05, 0.1) is 0 Å². The van der Waals surface area contributed by atoms with Crippen molar-refractivity contribution >= 4 is 33.8 Å². The second kappa shape index (κ2) is 14.5. The van der Waals surface area contributed by atoms with Crippen molar-refractivity contribution in [3.8, 4) is 22.8 Å². The van der Waals surface area contributed by atoms with Crippen molar-refractivity contribution < 1.29 is 0 Å². The van der Waals surface area contributed by atoms with Crippen LogP contribution < -0.4 is 0 Å². The Kier molecular flexibility index (Phi) is 8.98. The van der Waals surface area contributed by atoms with E-state index >= 15 is 0 Å². The fourth-order valence-corrected chi connectivity index (χ4v) is 6.80. The van der Waals surface area contributed by atoms with Crippen LogP contribution in [0.5, 0.6) is 0 Å². The van der Waals surface area contributed by atoms with Crippen LogP contribution in [0.3, 0.4) is 0 Å². The number of aromatic nitrogens is 3. The fourth-order valence-electron chi connectivity index (χ4n) is 6.80. The molecule has 0 bridgehead atoms. The van der Waals surface area contributed by atoms with E-state index in [1.807, 2.05) is 24.4 Å². The molecule has 2 aliphatic rings. The molecule has 1 aliphatic heterocycles. The molecule has 1 aliphatic carbocycles. The molecular formula is C46H36N4. The lowest BCUT2D eigenvalue weighted by Crippen LogP contribution is -2.09. The average molecular weight is 645 g/mol. The first-order valence-corrected chi connectivity index (χ1v) is 17.2. The normalized spacial score (nSPS) is 18.8. The summed E-state index contributed by atoms with van der Waals surface area (Å²) in [5.74, 6) is 2.51. The van der Waals surface area contributed by atoms with Gasteiger partial charge in [-0.25, -0.2) is 15.0 Å². The molecule has 0 N–H and O–H groups in total. The van der Waals surface area contributed by atoms with Gasteiger partial charge in [0.2, 0.25) is 0 Å². The molecule has 0 spiro atoms. The number of rotatable bonds is 6. The summed E-state index contributed by atoms with van der Waals surface area (Å²) in [7, 11) is 0. The Morgan fingerprint density at radius 3 is 2.12 bits per heavy atom. The zero-order valence-electron chi connectivity index (χ0n) is 27.6. The third-order valence-electron chi connectivity index (χ3n) is 9.37. The highest BCUT2D eigenvalue weighted by Gasteiger charge is 2.19. The maximum atomic E-state index is 5.15. The van der Waals surface area contributed by atoms with Crippen molar-refractivity contribution in [3.05, 3.63) is 193 Å². The van der Waals surface area contributed by atoms with E-state index in [4.69, 9.17) is 15.0 Å². The SMILES string of the molecule is C1=CC=CC(c2ccc(-c3nc(C=CC4C=CC=CC4c4ccccc4)nc(-c4cc5ccccc5c5ccccc45)n3)cc2)CN=CC=C1. The summed E-state index contributed by atoms with van der Waals surface area (Å²) in [6.45, 7) is 0.683. The molecule has 0 fully saturated rings. The molecule has 240 valence electrons. The minimum absolute atomic E-state index is 0.169. The van der Waals surface area contributed by atoms with E-state index in [1.54, 1.807) is 0 Å². The van der Waals surface area contributed by atoms with Gasteiger partial charge in [0, 0.05) is 41.6 Å². The Bertz CT molecular complexity index is 2360. The topological polar surface area (TPSA) is 51.0 Å². The maximum Gasteiger partial charge on any atom is 0.164 e. The molecule has 0 radical (unpaired) electrons. The van der Waals surface area contributed by atoms with Crippen LogP contribution >= 0.6 is 0 Å². The highest BCUT2D eigenvalue weighted by atomic mass is 15.0.